The molecule has 0 atom stereocenters. The van der Waals surface area contributed by atoms with E-state index in [1.54, 1.807) is 48.5 Å². The van der Waals surface area contributed by atoms with Crippen LogP contribution in [0.25, 0.3) is 6.08 Å². The first-order valence-corrected chi connectivity index (χ1v) is 6.85. The number of benzene rings is 2. The molecular formula is C18H14N2O3. The lowest BCUT2D eigenvalue weighted by Gasteiger charge is -2.05. The van der Waals surface area contributed by atoms with Crippen LogP contribution in [-0.4, -0.2) is 11.9 Å². The van der Waals surface area contributed by atoms with Crippen molar-refractivity contribution in [3.8, 4) is 11.8 Å². The van der Waals surface area contributed by atoms with Crippen molar-refractivity contribution >= 4 is 23.6 Å². The van der Waals surface area contributed by atoms with Gasteiger partial charge >= 0.3 is 5.97 Å². The highest BCUT2D eigenvalue weighted by atomic mass is 16.5. The van der Waals surface area contributed by atoms with E-state index in [4.69, 9.17) is 4.74 Å². The minimum atomic E-state index is -0.503. The van der Waals surface area contributed by atoms with E-state index in [9.17, 15) is 14.9 Å². The Morgan fingerprint density at radius 3 is 2.52 bits per heavy atom. The van der Waals surface area contributed by atoms with Crippen LogP contribution in [0.4, 0.5) is 5.69 Å². The number of hydrogen-bond donors (Lipinski definition) is 1. The van der Waals surface area contributed by atoms with Crippen LogP contribution in [0.2, 0.25) is 0 Å². The molecule has 1 amide bonds. The number of amides is 1. The number of nitrogens with zero attached hydrogens (tertiary/aromatic N) is 1. The molecule has 23 heavy (non-hydrogen) atoms. The van der Waals surface area contributed by atoms with Gasteiger partial charge in [0.2, 0.25) is 0 Å². The van der Waals surface area contributed by atoms with Crippen LogP contribution in [-0.2, 0) is 9.59 Å². The second-order valence-corrected chi connectivity index (χ2v) is 4.66. The fourth-order valence-corrected chi connectivity index (χ4v) is 1.87. The molecule has 0 radical (unpaired) electrons. The molecule has 0 bridgehead atoms. The van der Waals surface area contributed by atoms with E-state index in [1.165, 1.54) is 13.0 Å². The van der Waals surface area contributed by atoms with Crippen molar-refractivity contribution in [2.24, 2.45) is 0 Å². The molecule has 0 aliphatic rings. The summed E-state index contributed by atoms with van der Waals surface area (Å²) in [6.45, 7) is 1.30. The number of para-hydroxylation sites is 1. The Morgan fingerprint density at radius 1 is 1.13 bits per heavy atom. The predicted octanol–water partition coefficient (Wildman–Crippen LogP) is 3.16. The Kier molecular flexibility index (Phi) is 5.26. The predicted molar refractivity (Wildman–Crippen MR) is 86.4 cm³/mol. The molecule has 0 heterocycles. The molecule has 0 saturated carbocycles. The lowest BCUT2D eigenvalue weighted by atomic mass is 10.1. The van der Waals surface area contributed by atoms with Gasteiger partial charge in [-0.2, -0.15) is 5.26 Å². The van der Waals surface area contributed by atoms with Crippen LogP contribution in [0.5, 0.6) is 5.75 Å². The van der Waals surface area contributed by atoms with Gasteiger partial charge < -0.3 is 10.1 Å². The SMILES string of the molecule is CC(=O)Oc1cccc(/C=C(\C#N)C(=O)Nc2ccccc2)c1. The number of nitrogens with one attached hydrogen (secondary N) is 1. The molecule has 0 fully saturated rings. The minimum Gasteiger partial charge on any atom is -0.427 e. The second-order valence-electron chi connectivity index (χ2n) is 4.66. The summed E-state index contributed by atoms with van der Waals surface area (Å²) in [7, 11) is 0. The van der Waals surface area contributed by atoms with Crippen LogP contribution in [0, 0.1) is 11.3 Å². The van der Waals surface area contributed by atoms with Gasteiger partial charge in [-0.05, 0) is 35.9 Å². The normalized spacial score (nSPS) is 10.5. The summed E-state index contributed by atoms with van der Waals surface area (Å²) in [4.78, 5) is 23.1. The first-order chi connectivity index (χ1) is 11.1. The van der Waals surface area contributed by atoms with Crippen LogP contribution < -0.4 is 10.1 Å². The highest BCUT2D eigenvalue weighted by Crippen LogP contribution is 2.17. The molecule has 5 nitrogen and oxygen atoms in total. The largest absolute Gasteiger partial charge is 0.427 e. The molecular weight excluding hydrogens is 292 g/mol. The monoisotopic (exact) mass is 306 g/mol. The first-order valence-electron chi connectivity index (χ1n) is 6.85. The third kappa shape index (κ3) is 4.83. The zero-order chi connectivity index (χ0) is 16.7. The van der Waals surface area contributed by atoms with Gasteiger partial charge in [0.1, 0.15) is 17.4 Å². The van der Waals surface area contributed by atoms with Crippen LogP contribution in [0.1, 0.15) is 12.5 Å². The molecule has 0 saturated heterocycles. The van der Waals surface area contributed by atoms with Crippen LogP contribution >= 0.6 is 0 Å². The number of rotatable bonds is 4. The van der Waals surface area contributed by atoms with Gasteiger partial charge in [0, 0.05) is 12.6 Å². The average Bonchev–Trinajstić information content (AvgIpc) is 2.53. The Labute approximate surface area is 133 Å². The van der Waals surface area contributed by atoms with Gasteiger partial charge in [-0.25, -0.2) is 0 Å². The van der Waals surface area contributed by atoms with E-state index in [2.05, 4.69) is 5.32 Å². The molecule has 2 aromatic rings. The maximum Gasteiger partial charge on any atom is 0.308 e. The summed E-state index contributed by atoms with van der Waals surface area (Å²) < 4.78 is 4.97. The maximum absolute atomic E-state index is 12.1. The molecule has 0 spiro atoms. The maximum atomic E-state index is 12.1. The van der Waals surface area contributed by atoms with E-state index in [-0.39, 0.29) is 5.57 Å². The van der Waals surface area contributed by atoms with Crippen molar-refractivity contribution in [3.05, 3.63) is 65.7 Å². The summed E-state index contributed by atoms with van der Waals surface area (Å²) >= 11 is 0. The second kappa shape index (κ2) is 7.57. The van der Waals surface area contributed by atoms with Crippen molar-refractivity contribution < 1.29 is 14.3 Å². The fourth-order valence-electron chi connectivity index (χ4n) is 1.87. The summed E-state index contributed by atoms with van der Waals surface area (Å²) in [6.07, 6.45) is 1.44. The third-order valence-electron chi connectivity index (χ3n) is 2.83. The Morgan fingerprint density at radius 2 is 1.87 bits per heavy atom. The van der Waals surface area contributed by atoms with E-state index in [0.29, 0.717) is 17.0 Å². The highest BCUT2D eigenvalue weighted by Gasteiger charge is 2.09. The Bertz CT molecular complexity index is 789. The number of anilines is 1. The summed E-state index contributed by atoms with van der Waals surface area (Å²) in [6, 6.07) is 17.3. The summed E-state index contributed by atoms with van der Waals surface area (Å²) in [5.74, 6) is -0.586. The molecule has 0 aliphatic carbocycles. The van der Waals surface area contributed by atoms with Gasteiger partial charge in [-0.3, -0.25) is 9.59 Å². The Balaban J connectivity index is 2.20. The number of nitriles is 1. The van der Waals surface area contributed by atoms with Gasteiger partial charge in [0.25, 0.3) is 5.91 Å². The number of esters is 1. The minimum absolute atomic E-state index is 0.0474. The third-order valence-corrected chi connectivity index (χ3v) is 2.83. The number of carbonyl (C=O) groups is 2. The van der Waals surface area contributed by atoms with Gasteiger partial charge in [-0.15, -0.1) is 0 Å². The zero-order valence-corrected chi connectivity index (χ0v) is 12.4. The molecule has 0 aliphatic heterocycles. The quantitative estimate of drug-likeness (QED) is 0.407. The van der Waals surface area contributed by atoms with E-state index in [1.807, 2.05) is 12.1 Å². The van der Waals surface area contributed by atoms with Crippen molar-refractivity contribution in [2.75, 3.05) is 5.32 Å². The molecule has 114 valence electrons. The van der Waals surface area contributed by atoms with Crippen molar-refractivity contribution in [2.45, 2.75) is 6.92 Å². The van der Waals surface area contributed by atoms with Gasteiger partial charge in [0.05, 0.1) is 0 Å². The van der Waals surface area contributed by atoms with Crippen LogP contribution in [0.15, 0.2) is 60.2 Å². The van der Waals surface area contributed by atoms with E-state index >= 15 is 0 Å². The standard InChI is InChI=1S/C18H14N2O3/c1-13(21)23-17-9-5-6-14(11-17)10-15(12-19)18(22)20-16-7-3-2-4-8-16/h2-11H,1H3,(H,20,22)/b15-10+. The Hall–Kier alpha value is -3.39. The molecule has 5 heteroatoms. The highest BCUT2D eigenvalue weighted by molar-refractivity contribution is 6.09. The lowest BCUT2D eigenvalue weighted by molar-refractivity contribution is -0.131. The van der Waals surface area contributed by atoms with Gasteiger partial charge in [0.15, 0.2) is 0 Å². The first kappa shape index (κ1) is 16.0. The number of hydrogen-bond acceptors (Lipinski definition) is 4. The molecule has 0 unspecified atom stereocenters. The van der Waals surface area contributed by atoms with Crippen LogP contribution in [0.3, 0.4) is 0 Å². The number of carbonyl (C=O) groups excluding carboxylic acids is 2. The molecule has 0 aromatic heterocycles. The van der Waals surface area contributed by atoms with E-state index in [0.717, 1.165) is 0 Å². The zero-order valence-electron chi connectivity index (χ0n) is 12.4. The topological polar surface area (TPSA) is 79.2 Å². The summed E-state index contributed by atoms with van der Waals surface area (Å²) in [5, 5.41) is 11.8. The number of ether oxygens (including phenoxy) is 1. The summed E-state index contributed by atoms with van der Waals surface area (Å²) in [5.41, 5.74) is 1.14. The molecule has 1 N–H and O–H groups in total. The average molecular weight is 306 g/mol. The lowest BCUT2D eigenvalue weighted by Crippen LogP contribution is -2.13. The van der Waals surface area contributed by atoms with Gasteiger partial charge in [-0.1, -0.05) is 30.3 Å². The fraction of sp³-hybridized carbons (Fsp3) is 0.0556. The molecule has 2 rings (SSSR count). The van der Waals surface area contributed by atoms with Crippen molar-refractivity contribution in [1.82, 2.24) is 0 Å². The smallest absolute Gasteiger partial charge is 0.308 e. The van der Waals surface area contributed by atoms with E-state index < -0.39 is 11.9 Å². The molecule has 2 aromatic carbocycles. The van der Waals surface area contributed by atoms with Crippen molar-refractivity contribution in [3.63, 3.8) is 0 Å². The van der Waals surface area contributed by atoms with Crippen molar-refractivity contribution in [1.29, 1.82) is 5.26 Å².